The maximum Gasteiger partial charge on any atom is 0.270 e. The zero-order chi connectivity index (χ0) is 57.4. The van der Waals surface area contributed by atoms with Gasteiger partial charge in [-0.1, -0.05) is 66.7 Å². The van der Waals surface area contributed by atoms with E-state index in [4.69, 9.17) is 9.97 Å². The van der Waals surface area contributed by atoms with Crippen molar-refractivity contribution in [1.29, 1.82) is 0 Å². The number of fused-ring (bicyclic) bond motifs is 2. The van der Waals surface area contributed by atoms with E-state index in [0.717, 1.165) is 161 Å². The largest absolute Gasteiger partial charge is 0.345 e. The summed E-state index contributed by atoms with van der Waals surface area (Å²) in [6.45, 7) is 1.86. The number of carbonyl (C=O) groups excluding carboxylic acids is 3. The van der Waals surface area contributed by atoms with Crippen molar-refractivity contribution in [3.8, 4) is 33.8 Å². The molecule has 0 atom stereocenters. The van der Waals surface area contributed by atoms with Crippen LogP contribution in [0.3, 0.4) is 0 Å². The standard InChI is InChI=1S/2C25H25N3O.C23H25FN2O/c29-24(28-25-13-16-10-17(14-25)12-18(11-16)15-25)22-8-2-7-21(27-22)20-6-1-4-19-5-3-9-26-23(19)20;29-24(28-25-12-16-8-17(13-25)10-18(9-16)14-25)23-7-3-6-22(27-23)20-11-19-4-1-2-5-21(19)26-15-20;1-14-5-6-18(19(24)7-14)20-3-2-4-21(25-20)22(27)26-23-11-15-8-16(12-23)10-17(9-15)13-23/h1-9,16-18H,10-15H2,(H,28,29);1-7,11,15-18H,8-10,12-14H2,(H,28,29);2-7,15-17H,8-13H2,1H3,(H,26,27). The van der Waals surface area contributed by atoms with Crippen LogP contribution in [0.1, 0.15) is 153 Å². The van der Waals surface area contributed by atoms with Gasteiger partial charge in [0.05, 0.1) is 28.1 Å². The Morgan fingerprint density at radius 1 is 0.424 bits per heavy atom. The second-order valence-electron chi connectivity index (χ2n) is 28.0. The lowest BCUT2D eigenvalue weighted by atomic mass is 9.53. The van der Waals surface area contributed by atoms with Crippen LogP contribution in [0.15, 0.2) is 146 Å². The molecule has 12 bridgehead atoms. The first-order valence-corrected chi connectivity index (χ1v) is 31.7. The topological polar surface area (TPSA) is 152 Å². The minimum Gasteiger partial charge on any atom is -0.345 e. The smallest absolute Gasteiger partial charge is 0.270 e. The van der Waals surface area contributed by atoms with E-state index < -0.39 is 0 Å². The lowest BCUT2D eigenvalue weighted by Gasteiger charge is -2.56. The second-order valence-corrected chi connectivity index (χ2v) is 28.0. The van der Waals surface area contributed by atoms with Crippen molar-refractivity contribution < 1.29 is 18.8 Å². The van der Waals surface area contributed by atoms with Gasteiger partial charge in [-0.3, -0.25) is 24.4 Å². The lowest BCUT2D eigenvalue weighted by Crippen LogP contribution is -2.59. The third kappa shape index (κ3) is 10.9. The number of pyridine rings is 5. The number of rotatable bonds is 9. The summed E-state index contributed by atoms with van der Waals surface area (Å²) in [5.74, 6) is 6.70. The van der Waals surface area contributed by atoms with Crippen LogP contribution >= 0.6 is 0 Å². The Kier molecular flexibility index (Phi) is 13.7. The molecule has 85 heavy (non-hydrogen) atoms. The highest BCUT2D eigenvalue weighted by molar-refractivity contribution is 5.96. The van der Waals surface area contributed by atoms with Crippen molar-refractivity contribution in [3.63, 3.8) is 0 Å². The average molecular weight is 1130 g/mol. The summed E-state index contributed by atoms with van der Waals surface area (Å²) < 4.78 is 14.3. The molecule has 12 fully saturated rings. The van der Waals surface area contributed by atoms with Gasteiger partial charge in [0, 0.05) is 56.5 Å². The van der Waals surface area contributed by atoms with Gasteiger partial charge in [-0.05, 0) is 248 Å². The quantitative estimate of drug-likeness (QED) is 0.129. The molecule has 11 nitrogen and oxygen atoms in total. The van der Waals surface area contributed by atoms with E-state index in [1.165, 1.54) is 63.9 Å². The van der Waals surface area contributed by atoms with Crippen molar-refractivity contribution in [2.24, 2.45) is 53.3 Å². The van der Waals surface area contributed by atoms with Gasteiger partial charge in [-0.25, -0.2) is 19.3 Å². The second kappa shape index (κ2) is 21.7. The number of nitrogens with one attached hydrogen (secondary N) is 3. The van der Waals surface area contributed by atoms with Gasteiger partial charge in [0.1, 0.15) is 22.9 Å². The van der Waals surface area contributed by atoms with Crippen LogP contribution in [-0.2, 0) is 0 Å². The molecule has 0 unspecified atom stereocenters. The summed E-state index contributed by atoms with van der Waals surface area (Å²) in [5, 5.41) is 12.4. The third-order valence-electron chi connectivity index (χ3n) is 21.4. The van der Waals surface area contributed by atoms with E-state index in [9.17, 15) is 18.8 Å². The Morgan fingerprint density at radius 3 is 1.32 bits per heavy atom. The first-order valence-electron chi connectivity index (χ1n) is 31.7. The highest BCUT2D eigenvalue weighted by Gasteiger charge is 2.54. The summed E-state index contributed by atoms with van der Waals surface area (Å²) in [6, 6.07) is 42.0. The van der Waals surface area contributed by atoms with Gasteiger partial charge < -0.3 is 16.0 Å². The van der Waals surface area contributed by atoms with E-state index in [2.05, 4.69) is 55.2 Å². The average Bonchev–Trinajstić information content (AvgIpc) is 1.50. The molecule has 12 aliphatic carbocycles. The predicted molar refractivity (Wildman–Crippen MR) is 329 cm³/mol. The van der Waals surface area contributed by atoms with Crippen LogP contribution in [-0.4, -0.2) is 59.3 Å². The molecular formula is C73H75FN8O3. The maximum absolute atomic E-state index is 14.3. The number of hydrogen-bond acceptors (Lipinski definition) is 8. The van der Waals surface area contributed by atoms with Crippen LogP contribution < -0.4 is 16.0 Å². The van der Waals surface area contributed by atoms with Crippen molar-refractivity contribution in [3.05, 3.63) is 174 Å². The molecule has 12 aliphatic rings. The van der Waals surface area contributed by atoms with Gasteiger partial charge in [-0.2, -0.15) is 0 Å². The van der Waals surface area contributed by atoms with Crippen LogP contribution in [0.2, 0.25) is 0 Å². The minimum atomic E-state index is -0.304. The molecule has 12 saturated carbocycles. The Labute approximate surface area is 497 Å². The normalized spacial score (nSPS) is 30.3. The van der Waals surface area contributed by atoms with E-state index in [1.807, 2.05) is 92.0 Å². The molecule has 5 heterocycles. The number of nitrogens with zero attached hydrogens (tertiary/aromatic N) is 5. The fourth-order valence-corrected chi connectivity index (χ4v) is 19.2. The molecule has 3 amide bonds. The Hall–Kier alpha value is -7.73. The number of halogens is 1. The van der Waals surface area contributed by atoms with Crippen molar-refractivity contribution in [2.45, 2.75) is 139 Å². The van der Waals surface area contributed by atoms with Crippen LogP contribution in [0.4, 0.5) is 4.39 Å². The van der Waals surface area contributed by atoms with Gasteiger partial charge in [0.25, 0.3) is 17.7 Å². The number of carbonyl (C=O) groups is 3. The van der Waals surface area contributed by atoms with Crippen LogP contribution in [0.5, 0.6) is 0 Å². The van der Waals surface area contributed by atoms with E-state index in [1.54, 1.807) is 30.5 Å². The fraction of sp³-hybridized carbons (Fsp3) is 0.425. The third-order valence-corrected chi connectivity index (χ3v) is 21.4. The minimum absolute atomic E-state index is 0.00448. The first kappa shape index (κ1) is 54.0. The number of hydrogen-bond donors (Lipinski definition) is 3. The summed E-state index contributed by atoms with van der Waals surface area (Å²) in [4.78, 5) is 62.3. The van der Waals surface area contributed by atoms with E-state index in [0.29, 0.717) is 28.3 Å². The fourth-order valence-electron chi connectivity index (χ4n) is 19.2. The Balaban J connectivity index is 0.000000108. The van der Waals surface area contributed by atoms with Crippen molar-refractivity contribution >= 4 is 39.5 Å². The highest BCUT2D eigenvalue weighted by atomic mass is 19.1. The molecule has 8 aromatic rings. The molecule has 20 rings (SSSR count). The van der Waals surface area contributed by atoms with E-state index >= 15 is 0 Å². The summed E-state index contributed by atoms with van der Waals surface area (Å²) >= 11 is 0. The molecule has 432 valence electrons. The molecule has 5 aromatic heterocycles. The first-order chi connectivity index (χ1) is 41.3. The van der Waals surface area contributed by atoms with Crippen LogP contribution in [0, 0.1) is 66.0 Å². The van der Waals surface area contributed by atoms with Crippen molar-refractivity contribution in [1.82, 2.24) is 40.9 Å². The zero-order valence-corrected chi connectivity index (χ0v) is 48.6. The number of benzene rings is 3. The predicted octanol–water partition coefficient (Wildman–Crippen LogP) is 14.9. The monoisotopic (exact) mass is 1130 g/mol. The van der Waals surface area contributed by atoms with Gasteiger partial charge in [0.15, 0.2) is 0 Å². The number of amides is 3. The van der Waals surface area contributed by atoms with Crippen LogP contribution in [0.25, 0.3) is 55.6 Å². The van der Waals surface area contributed by atoms with E-state index in [-0.39, 0.29) is 40.2 Å². The maximum atomic E-state index is 14.3. The SMILES string of the molecule is Cc1ccc(-c2cccc(C(=O)NC34CC5CC(CC(C5)C3)C4)n2)c(F)c1.O=C(NC12CC3CC(CC(C3)C1)C2)c1cccc(-c2cccc3cccnc23)n1.O=C(NC12CC3CC(CC(C3)C1)C2)c1cccc(-c2cnc3ccccc3c2)n1. The van der Waals surface area contributed by atoms with Gasteiger partial charge in [0.2, 0.25) is 0 Å². The number of aryl methyl sites for hydroxylation is 1. The Bertz CT molecular complexity index is 3800. The number of para-hydroxylation sites is 2. The lowest BCUT2D eigenvalue weighted by molar-refractivity contribution is -0.0171. The summed E-state index contributed by atoms with van der Waals surface area (Å²) in [6.07, 6.45) is 26.1. The Morgan fingerprint density at radius 2 is 0.835 bits per heavy atom. The molecule has 12 heteroatoms. The number of aromatic nitrogens is 5. The molecule has 0 radical (unpaired) electrons. The molecule has 3 N–H and O–H groups in total. The highest BCUT2D eigenvalue weighted by Crippen LogP contribution is 2.58. The molecule has 0 spiro atoms. The van der Waals surface area contributed by atoms with Gasteiger partial charge >= 0.3 is 0 Å². The molecular weight excluding hydrogens is 1060 g/mol. The molecule has 0 aliphatic heterocycles. The molecule has 0 saturated heterocycles. The zero-order valence-electron chi connectivity index (χ0n) is 48.6. The summed E-state index contributed by atoms with van der Waals surface area (Å²) in [5.41, 5.74) is 8.54. The van der Waals surface area contributed by atoms with Gasteiger partial charge in [-0.15, -0.1) is 0 Å². The van der Waals surface area contributed by atoms with Crippen molar-refractivity contribution in [2.75, 3.05) is 0 Å². The molecule has 3 aromatic carbocycles. The summed E-state index contributed by atoms with van der Waals surface area (Å²) in [7, 11) is 0.